The van der Waals surface area contributed by atoms with E-state index in [1.54, 1.807) is 12.1 Å². The van der Waals surface area contributed by atoms with Gasteiger partial charge in [-0.15, -0.1) is 0 Å². The molecular formula is C31H30N4O3. The van der Waals surface area contributed by atoms with E-state index in [0.29, 0.717) is 22.4 Å². The van der Waals surface area contributed by atoms with Crippen LogP contribution in [0.2, 0.25) is 0 Å². The number of fused-ring (bicyclic) bond motifs is 1. The number of likely N-dealkylation sites (tertiary alicyclic amines) is 1. The molecule has 1 fully saturated rings. The molecule has 38 heavy (non-hydrogen) atoms. The molecule has 0 unspecified atom stereocenters. The number of benzene rings is 3. The number of aromatic hydroxyl groups is 1. The van der Waals surface area contributed by atoms with E-state index in [-0.39, 0.29) is 19.0 Å². The summed E-state index contributed by atoms with van der Waals surface area (Å²) >= 11 is 0. The average Bonchev–Trinajstić information content (AvgIpc) is 3.57. The molecule has 0 aliphatic carbocycles. The van der Waals surface area contributed by atoms with Crippen LogP contribution in [-0.2, 0) is 11.3 Å². The summed E-state index contributed by atoms with van der Waals surface area (Å²) < 4.78 is 0. The number of aliphatic hydroxyl groups is 1. The summed E-state index contributed by atoms with van der Waals surface area (Å²) in [6.45, 7) is 3.28. The van der Waals surface area contributed by atoms with Gasteiger partial charge < -0.3 is 20.5 Å². The first kappa shape index (κ1) is 25.3. The normalized spacial score (nSPS) is 13.9. The number of H-pyrrole nitrogens is 1. The Hall–Kier alpha value is -4.38. The molecule has 0 bridgehead atoms. The molecule has 7 heteroatoms. The van der Waals surface area contributed by atoms with Crippen molar-refractivity contribution in [1.29, 1.82) is 0 Å². The number of aliphatic hydroxyl groups excluding tert-OH is 1. The molecule has 0 spiro atoms. The molecular weight excluding hydrogens is 476 g/mol. The number of rotatable bonds is 7. The van der Waals surface area contributed by atoms with Gasteiger partial charge in [0.2, 0.25) is 0 Å². The lowest BCUT2D eigenvalue weighted by Crippen LogP contribution is -2.24. The Balaban J connectivity index is 1.49. The molecule has 1 aliphatic heterocycles. The van der Waals surface area contributed by atoms with Gasteiger partial charge in [-0.05, 0) is 55.8 Å². The minimum atomic E-state index is -0.459. The Labute approximate surface area is 221 Å². The molecule has 192 valence electrons. The van der Waals surface area contributed by atoms with Gasteiger partial charge in [0, 0.05) is 35.5 Å². The van der Waals surface area contributed by atoms with Crippen molar-refractivity contribution in [3.8, 4) is 17.7 Å². The third-order valence-electron chi connectivity index (χ3n) is 6.56. The van der Waals surface area contributed by atoms with Gasteiger partial charge in [-0.25, -0.2) is 4.99 Å². The van der Waals surface area contributed by atoms with Crippen LogP contribution in [0.3, 0.4) is 0 Å². The zero-order chi connectivity index (χ0) is 26.3. The number of aliphatic imine (C=N–C) groups is 1. The zero-order valence-corrected chi connectivity index (χ0v) is 21.1. The van der Waals surface area contributed by atoms with Gasteiger partial charge >= 0.3 is 0 Å². The number of hydrogen-bond acceptors (Lipinski definition) is 5. The summed E-state index contributed by atoms with van der Waals surface area (Å²) in [5, 5.41) is 23.1. The highest BCUT2D eigenvalue weighted by atomic mass is 16.3. The fourth-order valence-corrected chi connectivity index (χ4v) is 4.71. The molecule has 1 aromatic heterocycles. The van der Waals surface area contributed by atoms with Gasteiger partial charge in [-0.2, -0.15) is 0 Å². The van der Waals surface area contributed by atoms with Crippen molar-refractivity contribution >= 4 is 28.2 Å². The minimum Gasteiger partial charge on any atom is -0.494 e. The smallest absolute Gasteiger partial charge is 0.296 e. The Bertz CT molecular complexity index is 1510. The number of aromatic nitrogens is 1. The monoisotopic (exact) mass is 506 g/mol. The summed E-state index contributed by atoms with van der Waals surface area (Å²) in [6.07, 6.45) is 2.54. The van der Waals surface area contributed by atoms with Gasteiger partial charge in [0.05, 0.1) is 29.1 Å². The first-order valence-electron chi connectivity index (χ1n) is 12.8. The topological polar surface area (TPSA) is 101 Å². The van der Waals surface area contributed by atoms with E-state index in [9.17, 15) is 9.90 Å². The molecule has 0 saturated carbocycles. The molecule has 7 nitrogen and oxygen atoms in total. The summed E-state index contributed by atoms with van der Waals surface area (Å²) in [5.74, 6) is 4.89. The number of carbonyl (C=O) groups is 1. The van der Waals surface area contributed by atoms with Crippen molar-refractivity contribution in [3.63, 3.8) is 0 Å². The maximum absolute atomic E-state index is 11.8. The number of hydrogen-bond donors (Lipinski definition) is 4. The average molecular weight is 507 g/mol. The SMILES string of the molecule is O=C(C#Cc1ccc2c(C(=Nc3ccc(CN4CCCC4)cc3)c3ccccc3)c(O)[nH]c2c1)NCCO. The van der Waals surface area contributed by atoms with Crippen molar-refractivity contribution in [2.75, 3.05) is 26.2 Å². The van der Waals surface area contributed by atoms with Crippen molar-refractivity contribution in [2.24, 2.45) is 4.99 Å². The predicted octanol–water partition coefficient (Wildman–Crippen LogP) is 4.10. The van der Waals surface area contributed by atoms with Gasteiger partial charge in [-0.3, -0.25) is 9.69 Å². The standard InChI is InChI=1S/C31H30N4O3/c36-19-16-32-28(37)15-11-22-10-14-26-27(20-22)34-31(38)29(26)30(24-6-2-1-3-7-24)33-25-12-8-23(9-13-25)21-35-17-4-5-18-35/h1-3,6-10,12-14,20,34,36,38H,4-5,16-19,21H2,(H,32,37). The number of carbonyl (C=O) groups excluding carboxylic acids is 1. The van der Waals surface area contributed by atoms with E-state index in [1.807, 2.05) is 48.5 Å². The van der Waals surface area contributed by atoms with Crippen LogP contribution in [0.1, 0.15) is 35.1 Å². The van der Waals surface area contributed by atoms with Crippen molar-refractivity contribution in [3.05, 3.63) is 95.1 Å². The van der Waals surface area contributed by atoms with Gasteiger partial charge in [0.25, 0.3) is 5.91 Å². The van der Waals surface area contributed by atoms with Crippen LogP contribution < -0.4 is 5.32 Å². The van der Waals surface area contributed by atoms with Crippen molar-refractivity contribution in [1.82, 2.24) is 15.2 Å². The Kier molecular flexibility index (Phi) is 7.84. The fraction of sp³-hybridized carbons (Fsp3) is 0.226. The van der Waals surface area contributed by atoms with Gasteiger partial charge in [0.1, 0.15) is 0 Å². The molecule has 2 heterocycles. The number of nitrogens with zero attached hydrogens (tertiary/aromatic N) is 2. The quantitative estimate of drug-likeness (QED) is 0.224. The lowest BCUT2D eigenvalue weighted by atomic mass is 10.00. The highest BCUT2D eigenvalue weighted by Gasteiger charge is 2.19. The molecule has 5 rings (SSSR count). The summed E-state index contributed by atoms with van der Waals surface area (Å²) in [5.41, 5.74) is 5.52. The lowest BCUT2D eigenvalue weighted by molar-refractivity contribution is -0.115. The van der Waals surface area contributed by atoms with E-state index in [2.05, 4.69) is 39.2 Å². The van der Waals surface area contributed by atoms with E-state index in [1.165, 1.54) is 18.4 Å². The molecule has 3 aromatic carbocycles. The van der Waals surface area contributed by atoms with Gasteiger partial charge in [-0.1, -0.05) is 54.5 Å². The zero-order valence-electron chi connectivity index (χ0n) is 21.1. The Morgan fingerprint density at radius 2 is 1.79 bits per heavy atom. The number of aromatic amines is 1. The second-order valence-electron chi connectivity index (χ2n) is 9.31. The predicted molar refractivity (Wildman–Crippen MR) is 150 cm³/mol. The lowest BCUT2D eigenvalue weighted by Gasteiger charge is -2.14. The third-order valence-corrected chi connectivity index (χ3v) is 6.56. The van der Waals surface area contributed by atoms with E-state index in [4.69, 9.17) is 10.1 Å². The van der Waals surface area contributed by atoms with Crippen LogP contribution in [0.15, 0.2) is 77.8 Å². The maximum Gasteiger partial charge on any atom is 0.296 e. The molecule has 4 aromatic rings. The highest BCUT2D eigenvalue weighted by Crippen LogP contribution is 2.32. The second kappa shape index (κ2) is 11.8. The Morgan fingerprint density at radius 3 is 2.53 bits per heavy atom. The summed E-state index contributed by atoms with van der Waals surface area (Å²) in [4.78, 5) is 22.3. The minimum absolute atomic E-state index is 0.0130. The van der Waals surface area contributed by atoms with E-state index in [0.717, 1.165) is 36.3 Å². The van der Waals surface area contributed by atoms with Crippen LogP contribution in [0.4, 0.5) is 5.69 Å². The van der Waals surface area contributed by atoms with E-state index >= 15 is 0 Å². The van der Waals surface area contributed by atoms with Crippen molar-refractivity contribution < 1.29 is 15.0 Å². The Morgan fingerprint density at radius 1 is 1.03 bits per heavy atom. The maximum atomic E-state index is 11.8. The highest BCUT2D eigenvalue weighted by molar-refractivity contribution is 6.22. The molecule has 1 saturated heterocycles. The molecule has 4 N–H and O–H groups in total. The number of nitrogens with one attached hydrogen (secondary N) is 2. The fourth-order valence-electron chi connectivity index (χ4n) is 4.71. The van der Waals surface area contributed by atoms with Crippen LogP contribution >= 0.6 is 0 Å². The largest absolute Gasteiger partial charge is 0.494 e. The van der Waals surface area contributed by atoms with Crippen LogP contribution in [0, 0.1) is 11.8 Å². The first-order chi connectivity index (χ1) is 18.6. The first-order valence-corrected chi connectivity index (χ1v) is 12.8. The van der Waals surface area contributed by atoms with Gasteiger partial charge in [0.15, 0.2) is 5.88 Å². The van der Waals surface area contributed by atoms with Crippen LogP contribution in [0.5, 0.6) is 5.88 Å². The molecule has 0 atom stereocenters. The van der Waals surface area contributed by atoms with Crippen LogP contribution in [0.25, 0.3) is 10.9 Å². The van der Waals surface area contributed by atoms with E-state index < -0.39 is 5.91 Å². The molecule has 1 aliphatic rings. The van der Waals surface area contributed by atoms with Crippen LogP contribution in [-0.4, -0.2) is 58.0 Å². The van der Waals surface area contributed by atoms with Crippen molar-refractivity contribution in [2.45, 2.75) is 19.4 Å². The summed E-state index contributed by atoms with van der Waals surface area (Å²) in [6, 6.07) is 23.6. The third kappa shape index (κ3) is 5.94. The second-order valence-corrected chi connectivity index (χ2v) is 9.31. The molecule has 0 radical (unpaired) electrons. The summed E-state index contributed by atoms with van der Waals surface area (Å²) in [7, 11) is 0. The number of amides is 1. The molecule has 1 amide bonds.